The second-order valence-corrected chi connectivity index (χ2v) is 10.9. The van der Waals surface area contributed by atoms with E-state index in [1.54, 1.807) is 20.8 Å². The molecule has 1 unspecified atom stereocenters. The van der Waals surface area contributed by atoms with Crippen LogP contribution in [0.25, 0.3) is 0 Å². The average Bonchev–Trinajstić information content (AvgIpc) is 2.74. The zero-order valence-corrected chi connectivity index (χ0v) is 22.5. The van der Waals surface area contributed by atoms with Gasteiger partial charge >= 0.3 is 5.97 Å². The van der Waals surface area contributed by atoms with E-state index >= 15 is 0 Å². The molecule has 0 aliphatic carbocycles. The molecule has 1 atom stereocenters. The molecule has 1 amide bonds. The molecule has 0 aromatic rings. The van der Waals surface area contributed by atoms with Gasteiger partial charge in [0.2, 0.25) is 5.91 Å². The predicted molar refractivity (Wildman–Crippen MR) is 135 cm³/mol. The SMILES string of the molecule is C/C(=N\O)C(C)(C)NCC(CNC(C)(C)/C(CCC(=O)O)=N/O)NC(=O)CCCC(=O)C(C)(C)C. The summed E-state index contributed by atoms with van der Waals surface area (Å²) in [6.45, 7) is 15.1. The molecule has 0 rings (SSSR count). The normalized spacial score (nSPS) is 14.5. The molecule has 0 saturated heterocycles. The fraction of sp³-hybridized carbons (Fsp3) is 0.792. The Morgan fingerprint density at radius 2 is 1.34 bits per heavy atom. The Hall–Kier alpha value is -2.53. The van der Waals surface area contributed by atoms with Crippen LogP contribution in [0.5, 0.6) is 0 Å². The Labute approximate surface area is 208 Å². The topological polar surface area (TPSA) is 173 Å². The Morgan fingerprint density at radius 1 is 0.800 bits per heavy atom. The summed E-state index contributed by atoms with van der Waals surface area (Å²) in [5.74, 6) is -1.10. The first-order chi connectivity index (χ1) is 16.0. The van der Waals surface area contributed by atoms with Gasteiger partial charge < -0.3 is 31.5 Å². The minimum Gasteiger partial charge on any atom is -0.481 e. The standard InChI is InChI=1S/C24H45N5O6/c1-16(28-34)23(5,6)25-14-17(27-20(31)11-9-10-19(30)22(2,3)4)15-26-24(7,8)18(29-35)12-13-21(32)33/h17,25-26,34-35H,9-15H2,1-8H3,(H,27,31)(H,32,33)/b28-16+,29-18+. The van der Waals surface area contributed by atoms with Crippen LogP contribution >= 0.6 is 0 Å². The molecule has 0 saturated carbocycles. The van der Waals surface area contributed by atoms with Crippen molar-refractivity contribution < 1.29 is 29.9 Å². The van der Waals surface area contributed by atoms with Crippen LogP contribution in [0, 0.1) is 5.41 Å². The van der Waals surface area contributed by atoms with Crippen LogP contribution in [0.1, 0.15) is 87.5 Å². The fourth-order valence-corrected chi connectivity index (χ4v) is 3.08. The Kier molecular flexibility index (Phi) is 13.1. The first-order valence-electron chi connectivity index (χ1n) is 11.9. The molecule has 0 aliphatic rings. The Bertz CT molecular complexity index is 784. The van der Waals surface area contributed by atoms with Crippen molar-refractivity contribution in [2.24, 2.45) is 15.7 Å². The summed E-state index contributed by atoms with van der Waals surface area (Å²) in [5, 5.41) is 43.5. The lowest BCUT2D eigenvalue weighted by Crippen LogP contribution is -2.58. The predicted octanol–water partition coefficient (Wildman–Crippen LogP) is 2.54. The van der Waals surface area contributed by atoms with Crippen LogP contribution in [-0.2, 0) is 14.4 Å². The zero-order chi connectivity index (χ0) is 27.4. The number of aliphatic carboxylic acids is 1. The summed E-state index contributed by atoms with van der Waals surface area (Å²) in [5.41, 5.74) is -1.15. The molecule has 0 heterocycles. The van der Waals surface area contributed by atoms with Gasteiger partial charge in [-0.1, -0.05) is 31.1 Å². The molecule has 202 valence electrons. The number of carboxylic acid groups (broad SMARTS) is 1. The van der Waals surface area contributed by atoms with Crippen molar-refractivity contribution in [3.8, 4) is 0 Å². The van der Waals surface area contributed by atoms with Gasteiger partial charge in [0, 0.05) is 37.8 Å². The maximum absolute atomic E-state index is 12.6. The van der Waals surface area contributed by atoms with E-state index in [0.29, 0.717) is 25.1 Å². The zero-order valence-electron chi connectivity index (χ0n) is 22.5. The van der Waals surface area contributed by atoms with Crippen molar-refractivity contribution in [3.63, 3.8) is 0 Å². The number of ketones is 1. The van der Waals surface area contributed by atoms with Gasteiger partial charge in [0.25, 0.3) is 0 Å². The summed E-state index contributed by atoms with van der Waals surface area (Å²) >= 11 is 0. The first-order valence-corrected chi connectivity index (χ1v) is 11.9. The lowest BCUT2D eigenvalue weighted by molar-refractivity contribution is -0.137. The van der Waals surface area contributed by atoms with Crippen molar-refractivity contribution in [2.75, 3.05) is 13.1 Å². The molecule has 0 aromatic carbocycles. The molecular weight excluding hydrogens is 454 g/mol. The highest BCUT2D eigenvalue weighted by molar-refractivity contribution is 5.94. The van der Waals surface area contributed by atoms with E-state index in [-0.39, 0.29) is 43.2 Å². The molecule has 0 aliphatic heterocycles. The number of carbonyl (C=O) groups excluding carboxylic acids is 2. The quantitative estimate of drug-likeness (QED) is 0.107. The van der Waals surface area contributed by atoms with Crippen molar-refractivity contribution in [1.82, 2.24) is 16.0 Å². The number of rotatable bonds is 16. The Balaban J connectivity index is 5.27. The van der Waals surface area contributed by atoms with Crippen LogP contribution in [0.15, 0.2) is 10.3 Å². The highest BCUT2D eigenvalue weighted by atomic mass is 16.4. The number of hydrogen-bond donors (Lipinski definition) is 6. The molecule has 0 spiro atoms. The molecule has 0 radical (unpaired) electrons. The fourth-order valence-electron chi connectivity index (χ4n) is 3.08. The van der Waals surface area contributed by atoms with Gasteiger partial charge in [0.15, 0.2) is 0 Å². The lowest BCUT2D eigenvalue weighted by Gasteiger charge is -2.32. The summed E-state index contributed by atoms with van der Waals surface area (Å²) in [7, 11) is 0. The van der Waals surface area contributed by atoms with Crippen molar-refractivity contribution in [1.29, 1.82) is 0 Å². The molecule has 6 N–H and O–H groups in total. The second-order valence-electron chi connectivity index (χ2n) is 10.9. The van der Waals surface area contributed by atoms with E-state index < -0.39 is 28.5 Å². The van der Waals surface area contributed by atoms with Crippen molar-refractivity contribution >= 4 is 29.1 Å². The van der Waals surface area contributed by atoms with E-state index in [9.17, 15) is 19.6 Å². The average molecular weight is 500 g/mol. The highest BCUT2D eigenvalue weighted by Gasteiger charge is 2.29. The van der Waals surface area contributed by atoms with Crippen LogP contribution in [0.4, 0.5) is 0 Å². The van der Waals surface area contributed by atoms with Gasteiger partial charge in [-0.15, -0.1) is 0 Å². The summed E-state index contributed by atoms with van der Waals surface area (Å²) < 4.78 is 0. The molecule has 11 nitrogen and oxygen atoms in total. The molecule has 11 heteroatoms. The number of oxime groups is 2. The van der Waals surface area contributed by atoms with E-state index in [2.05, 4.69) is 26.3 Å². The van der Waals surface area contributed by atoms with Crippen LogP contribution < -0.4 is 16.0 Å². The van der Waals surface area contributed by atoms with E-state index in [4.69, 9.17) is 10.3 Å². The summed E-state index contributed by atoms with van der Waals surface area (Å²) in [4.78, 5) is 35.7. The lowest BCUT2D eigenvalue weighted by atomic mass is 9.88. The number of hydrogen-bond acceptors (Lipinski definition) is 9. The molecule has 0 fully saturated rings. The van der Waals surface area contributed by atoms with Crippen LogP contribution in [-0.4, -0.2) is 74.8 Å². The van der Waals surface area contributed by atoms with Gasteiger partial charge in [0.1, 0.15) is 5.78 Å². The van der Waals surface area contributed by atoms with Gasteiger partial charge in [-0.3, -0.25) is 14.4 Å². The van der Waals surface area contributed by atoms with Gasteiger partial charge in [0.05, 0.1) is 35.0 Å². The minimum absolute atomic E-state index is 0.0715. The largest absolute Gasteiger partial charge is 0.481 e. The molecule has 0 aromatic heterocycles. The van der Waals surface area contributed by atoms with E-state index in [1.807, 2.05) is 34.6 Å². The first kappa shape index (κ1) is 32.5. The van der Waals surface area contributed by atoms with E-state index in [0.717, 1.165) is 0 Å². The summed E-state index contributed by atoms with van der Waals surface area (Å²) in [6.07, 6.45) is 0.864. The van der Waals surface area contributed by atoms with Crippen molar-refractivity contribution in [2.45, 2.75) is 105 Å². The third kappa shape index (κ3) is 12.7. The van der Waals surface area contributed by atoms with Gasteiger partial charge in [-0.25, -0.2) is 0 Å². The summed E-state index contributed by atoms with van der Waals surface area (Å²) in [6, 6.07) is -0.398. The van der Waals surface area contributed by atoms with Crippen LogP contribution in [0.2, 0.25) is 0 Å². The number of amides is 1. The number of Topliss-reactive ketones (excluding diaryl/α,β-unsaturated/α-hetero) is 1. The molecule has 35 heavy (non-hydrogen) atoms. The highest BCUT2D eigenvalue weighted by Crippen LogP contribution is 2.18. The van der Waals surface area contributed by atoms with E-state index in [1.165, 1.54) is 0 Å². The van der Waals surface area contributed by atoms with Gasteiger partial charge in [-0.05, 0) is 41.0 Å². The van der Waals surface area contributed by atoms with Gasteiger partial charge in [-0.2, -0.15) is 0 Å². The smallest absolute Gasteiger partial charge is 0.303 e. The maximum atomic E-state index is 12.6. The maximum Gasteiger partial charge on any atom is 0.303 e. The number of nitrogens with zero attached hydrogens (tertiary/aromatic N) is 2. The van der Waals surface area contributed by atoms with Crippen LogP contribution in [0.3, 0.4) is 0 Å². The third-order valence-electron chi connectivity index (χ3n) is 6.06. The second kappa shape index (κ2) is 14.1. The number of carboxylic acids is 1. The molecular formula is C24H45N5O6. The Morgan fingerprint density at radius 3 is 1.80 bits per heavy atom. The molecule has 0 bridgehead atoms. The third-order valence-corrected chi connectivity index (χ3v) is 6.06. The monoisotopic (exact) mass is 499 g/mol. The number of carbonyl (C=O) groups is 3. The minimum atomic E-state index is -0.996. The van der Waals surface area contributed by atoms with Crippen molar-refractivity contribution in [3.05, 3.63) is 0 Å². The number of nitrogens with one attached hydrogen (secondary N) is 3.